The maximum atomic E-state index is 6.12. The monoisotopic (exact) mass is 514 g/mol. The first-order valence-electron chi connectivity index (χ1n) is 15.4. The third-order valence-electron chi connectivity index (χ3n) is 7.89. The third-order valence-corrected chi connectivity index (χ3v) is 7.89. The number of benzene rings is 1. The van der Waals surface area contributed by atoms with E-state index < -0.39 is 0 Å². The Labute approximate surface area is 230 Å². The van der Waals surface area contributed by atoms with E-state index >= 15 is 0 Å². The minimum Gasteiger partial charge on any atom is -0.342 e. The Morgan fingerprint density at radius 1 is 0.811 bits per heavy atom. The number of allylic oxidation sites excluding steroid dienone is 2. The van der Waals surface area contributed by atoms with E-state index in [9.17, 15) is 0 Å². The predicted molar refractivity (Wildman–Crippen MR) is 161 cm³/mol. The predicted octanol–water partition coefficient (Wildman–Crippen LogP) is 10.5. The molecule has 3 heteroatoms. The van der Waals surface area contributed by atoms with Crippen LogP contribution in [0.4, 0.5) is 0 Å². The molecule has 3 nitrogen and oxygen atoms in total. The lowest BCUT2D eigenvalue weighted by molar-refractivity contribution is -0.919. The fraction of sp³-hybridized carbons (Fsp3) is 0.706. The number of unbranched alkanes of at least 4 members (excludes halogenated alkanes) is 14. The highest BCUT2D eigenvalue weighted by atomic mass is 17.2. The Morgan fingerprint density at radius 2 is 1.35 bits per heavy atom. The van der Waals surface area contributed by atoms with Crippen molar-refractivity contribution < 1.29 is 14.3 Å². The van der Waals surface area contributed by atoms with Gasteiger partial charge in [0.2, 0.25) is 0 Å². The van der Waals surface area contributed by atoms with Crippen LogP contribution in [-0.2, 0) is 9.78 Å². The van der Waals surface area contributed by atoms with Gasteiger partial charge >= 0.3 is 0 Å². The average molecular weight is 515 g/mol. The van der Waals surface area contributed by atoms with Crippen molar-refractivity contribution in [1.82, 2.24) is 0 Å². The van der Waals surface area contributed by atoms with Crippen LogP contribution in [0.2, 0.25) is 0 Å². The second-order valence-electron chi connectivity index (χ2n) is 11.6. The molecule has 0 N–H and O–H groups in total. The number of nitrogens with zero attached hydrogens (tertiary/aromatic N) is 1. The molecule has 0 radical (unpaired) electrons. The summed E-state index contributed by atoms with van der Waals surface area (Å²) in [5.74, 6) is 0.735. The largest absolute Gasteiger partial charge is 0.342 e. The highest BCUT2D eigenvalue weighted by Gasteiger charge is 2.34. The van der Waals surface area contributed by atoms with Crippen LogP contribution >= 0.6 is 0 Å². The Bertz CT molecular complexity index is 684. The Kier molecular flexibility index (Phi) is 19.3. The van der Waals surface area contributed by atoms with Crippen LogP contribution in [0.1, 0.15) is 135 Å². The summed E-state index contributed by atoms with van der Waals surface area (Å²) in [6, 6.07) is 10.8. The summed E-state index contributed by atoms with van der Waals surface area (Å²) in [7, 11) is 4.66. The minimum absolute atomic E-state index is 0.130. The number of likely N-dealkylation sites (N-methyl/N-ethyl adjacent to an activating group) is 1. The van der Waals surface area contributed by atoms with E-state index in [1.165, 1.54) is 95.5 Å². The molecular weight excluding hydrogens is 454 g/mol. The quantitative estimate of drug-likeness (QED) is 0.0322. The summed E-state index contributed by atoms with van der Waals surface area (Å²) in [6.07, 6.45) is 23.6. The van der Waals surface area contributed by atoms with Crippen molar-refractivity contribution in [2.75, 3.05) is 20.6 Å². The molecule has 1 rings (SSSR count). The molecule has 0 aliphatic carbocycles. The van der Waals surface area contributed by atoms with E-state index in [4.69, 9.17) is 9.78 Å². The van der Waals surface area contributed by atoms with Gasteiger partial charge in [-0.05, 0) is 44.6 Å². The van der Waals surface area contributed by atoms with Crippen molar-refractivity contribution in [3.8, 4) is 0 Å². The lowest BCUT2D eigenvalue weighted by atomic mass is 10.0. The molecule has 2 unspecified atom stereocenters. The lowest BCUT2D eigenvalue weighted by Crippen LogP contribution is -2.51. The Balaban J connectivity index is 2.44. The van der Waals surface area contributed by atoms with E-state index in [-0.39, 0.29) is 12.1 Å². The average Bonchev–Trinajstić information content (AvgIpc) is 2.89. The van der Waals surface area contributed by atoms with Crippen LogP contribution in [0.3, 0.4) is 0 Å². The zero-order valence-electron chi connectivity index (χ0n) is 25.0. The number of hydrogen-bond acceptors (Lipinski definition) is 2. The van der Waals surface area contributed by atoms with E-state index in [0.29, 0.717) is 0 Å². The molecule has 0 aromatic heterocycles. The topological polar surface area (TPSA) is 18.5 Å². The van der Waals surface area contributed by atoms with Gasteiger partial charge in [0.1, 0.15) is 11.8 Å². The summed E-state index contributed by atoms with van der Waals surface area (Å²) in [5, 5.41) is 0. The molecule has 0 aliphatic rings. The first kappa shape index (κ1) is 33.4. The van der Waals surface area contributed by atoms with E-state index in [0.717, 1.165) is 36.0 Å². The van der Waals surface area contributed by atoms with Crippen molar-refractivity contribution in [3.63, 3.8) is 0 Å². The molecule has 1 aromatic carbocycles. The normalized spacial score (nSPS) is 13.3. The maximum absolute atomic E-state index is 6.12. The Morgan fingerprint density at radius 3 is 1.95 bits per heavy atom. The summed E-state index contributed by atoms with van der Waals surface area (Å²) in [4.78, 5) is 11.9. The molecule has 2 atom stereocenters. The van der Waals surface area contributed by atoms with Crippen molar-refractivity contribution >= 4 is 0 Å². The van der Waals surface area contributed by atoms with E-state index in [1.807, 2.05) is 6.08 Å². The van der Waals surface area contributed by atoms with E-state index in [2.05, 4.69) is 71.4 Å². The van der Waals surface area contributed by atoms with Crippen molar-refractivity contribution in [1.29, 1.82) is 0 Å². The molecule has 0 aliphatic heterocycles. The highest BCUT2D eigenvalue weighted by Crippen LogP contribution is 2.29. The SMILES string of the molecule is C=CCCCCCCCC(=C)OOC(c1ccccc1)C(C)[N+](C)(C)CCCCCCCCCCCC. The molecule has 0 spiro atoms. The van der Waals surface area contributed by atoms with Gasteiger partial charge in [-0.1, -0.05) is 121 Å². The first-order chi connectivity index (χ1) is 17.9. The maximum Gasteiger partial charge on any atom is 0.181 e. The molecule has 37 heavy (non-hydrogen) atoms. The minimum atomic E-state index is -0.130. The van der Waals surface area contributed by atoms with E-state index in [1.54, 1.807) is 0 Å². The van der Waals surface area contributed by atoms with Gasteiger partial charge in [-0.15, -0.1) is 6.58 Å². The third kappa shape index (κ3) is 16.1. The van der Waals surface area contributed by atoms with Crippen LogP contribution in [0.15, 0.2) is 55.3 Å². The molecule has 1 aromatic rings. The lowest BCUT2D eigenvalue weighted by Gasteiger charge is -2.39. The summed E-state index contributed by atoms with van der Waals surface area (Å²) in [6.45, 7) is 13.7. The summed E-state index contributed by atoms with van der Waals surface area (Å²) < 4.78 is 0.914. The van der Waals surface area contributed by atoms with Crippen LogP contribution in [0, 0.1) is 0 Å². The Hall–Kier alpha value is -1.58. The molecule has 0 fully saturated rings. The molecular formula is C34H60NO2+. The van der Waals surface area contributed by atoms with Gasteiger partial charge in [0.15, 0.2) is 6.10 Å². The molecule has 0 saturated carbocycles. The standard InChI is InChI=1S/C34H60NO2/c1-7-9-11-13-15-16-17-19-21-26-30-35(5,6)32(4)34(33-28-24-22-25-29-33)37-36-31(3)27-23-20-18-14-12-10-8-2/h8,22,24-25,28-29,32,34H,2-3,7,9-21,23,26-27,30H2,1,4-6H3/q+1. The highest BCUT2D eigenvalue weighted by molar-refractivity contribution is 5.18. The number of hydrogen-bond donors (Lipinski definition) is 0. The van der Waals surface area contributed by atoms with Crippen LogP contribution in [0.25, 0.3) is 0 Å². The van der Waals surface area contributed by atoms with Gasteiger partial charge in [-0.2, -0.15) is 4.89 Å². The second-order valence-corrected chi connectivity index (χ2v) is 11.6. The zero-order chi connectivity index (χ0) is 27.2. The van der Waals surface area contributed by atoms with Crippen LogP contribution < -0.4 is 0 Å². The summed E-state index contributed by atoms with van der Waals surface area (Å²) >= 11 is 0. The smallest absolute Gasteiger partial charge is 0.181 e. The van der Waals surface area contributed by atoms with Gasteiger partial charge in [0.25, 0.3) is 0 Å². The van der Waals surface area contributed by atoms with Crippen molar-refractivity contribution in [2.24, 2.45) is 0 Å². The second kappa shape index (κ2) is 21.4. The van der Waals surface area contributed by atoms with Crippen LogP contribution in [0.5, 0.6) is 0 Å². The van der Waals surface area contributed by atoms with Gasteiger partial charge < -0.3 is 9.37 Å². The molecule has 0 saturated heterocycles. The van der Waals surface area contributed by atoms with Crippen molar-refractivity contribution in [2.45, 2.75) is 135 Å². The van der Waals surface area contributed by atoms with Gasteiger partial charge in [0.05, 0.1) is 20.6 Å². The number of rotatable bonds is 25. The summed E-state index contributed by atoms with van der Waals surface area (Å²) in [5.41, 5.74) is 1.17. The molecule has 0 heterocycles. The fourth-order valence-electron chi connectivity index (χ4n) is 4.94. The van der Waals surface area contributed by atoms with Gasteiger partial charge in [-0.25, -0.2) is 0 Å². The zero-order valence-corrected chi connectivity index (χ0v) is 25.0. The molecule has 212 valence electrons. The van der Waals surface area contributed by atoms with Gasteiger partial charge in [0, 0.05) is 6.42 Å². The van der Waals surface area contributed by atoms with Gasteiger partial charge in [-0.3, -0.25) is 0 Å². The first-order valence-corrected chi connectivity index (χ1v) is 15.4. The molecule has 0 bridgehead atoms. The fourth-order valence-corrected chi connectivity index (χ4v) is 4.94. The molecule has 0 amide bonds. The van der Waals surface area contributed by atoms with Crippen LogP contribution in [-0.4, -0.2) is 31.2 Å². The van der Waals surface area contributed by atoms with Crippen molar-refractivity contribution in [3.05, 3.63) is 60.9 Å². The number of quaternary nitrogens is 1.